The summed E-state index contributed by atoms with van der Waals surface area (Å²) in [5, 5.41) is 8.87. The second-order valence-electron chi connectivity index (χ2n) is 4.12. The highest BCUT2D eigenvalue weighted by atomic mass is 19.4. The van der Waals surface area contributed by atoms with E-state index in [0.29, 0.717) is 11.1 Å². The van der Waals surface area contributed by atoms with Crippen LogP contribution in [-0.2, 0) is 6.18 Å². The topological polar surface area (TPSA) is 63.1 Å². The minimum Gasteiger partial charge on any atom is -0.477 e. The number of halogens is 3. The second-order valence-corrected chi connectivity index (χ2v) is 4.12. The molecule has 1 N–H and O–H groups in total. The molecule has 2 heterocycles. The summed E-state index contributed by atoms with van der Waals surface area (Å²) >= 11 is 0. The first kappa shape index (κ1) is 14.0. The lowest BCUT2D eigenvalue weighted by Crippen LogP contribution is -2.12. The molecule has 0 aliphatic rings. The van der Waals surface area contributed by atoms with Gasteiger partial charge in [0.05, 0.1) is 0 Å². The number of carboxylic acids is 1. The summed E-state index contributed by atoms with van der Waals surface area (Å²) in [6, 6.07) is 3.54. The minimum atomic E-state index is -4.71. The smallest absolute Gasteiger partial charge is 0.433 e. The third kappa shape index (κ3) is 2.76. The monoisotopic (exact) mass is 282 g/mol. The molecule has 104 valence electrons. The Morgan fingerprint density at radius 3 is 2.55 bits per heavy atom. The van der Waals surface area contributed by atoms with Gasteiger partial charge in [0.25, 0.3) is 0 Å². The number of carboxylic acid groups (broad SMARTS) is 1. The summed E-state index contributed by atoms with van der Waals surface area (Å²) in [4.78, 5) is 17.9. The highest BCUT2D eigenvalue weighted by Crippen LogP contribution is 2.32. The molecular weight excluding hydrogens is 273 g/mol. The number of nitrogens with zero attached hydrogens (tertiary/aromatic N) is 2. The minimum absolute atomic E-state index is 0.121. The fourth-order valence-electron chi connectivity index (χ4n) is 1.71. The Morgan fingerprint density at radius 2 is 2.00 bits per heavy atom. The van der Waals surface area contributed by atoms with Crippen LogP contribution in [0.25, 0.3) is 11.1 Å². The molecule has 2 rings (SSSR count). The van der Waals surface area contributed by atoms with E-state index in [1.807, 2.05) is 0 Å². The van der Waals surface area contributed by atoms with Gasteiger partial charge in [0.1, 0.15) is 11.4 Å². The Hall–Kier alpha value is -2.44. The van der Waals surface area contributed by atoms with Crippen LogP contribution in [0.1, 0.15) is 21.7 Å². The van der Waals surface area contributed by atoms with Gasteiger partial charge in [0.2, 0.25) is 0 Å². The van der Waals surface area contributed by atoms with Crippen LogP contribution in [0.2, 0.25) is 0 Å². The zero-order chi connectivity index (χ0) is 14.9. The van der Waals surface area contributed by atoms with Crippen molar-refractivity contribution in [2.24, 2.45) is 0 Å². The normalized spacial score (nSPS) is 11.4. The van der Waals surface area contributed by atoms with Crippen molar-refractivity contribution in [2.75, 3.05) is 0 Å². The molecule has 7 heteroatoms. The fourth-order valence-corrected chi connectivity index (χ4v) is 1.71. The van der Waals surface area contributed by atoms with Crippen LogP contribution in [-0.4, -0.2) is 21.0 Å². The molecule has 4 nitrogen and oxygen atoms in total. The first-order chi connectivity index (χ1) is 9.29. The van der Waals surface area contributed by atoms with Gasteiger partial charge in [0.15, 0.2) is 0 Å². The zero-order valence-corrected chi connectivity index (χ0v) is 10.3. The zero-order valence-electron chi connectivity index (χ0n) is 10.3. The molecule has 0 fully saturated rings. The van der Waals surface area contributed by atoms with Crippen LogP contribution in [0.3, 0.4) is 0 Å². The van der Waals surface area contributed by atoms with Crippen LogP contribution in [0, 0.1) is 6.92 Å². The summed E-state index contributed by atoms with van der Waals surface area (Å²) in [6.45, 7) is 1.70. The first-order valence-corrected chi connectivity index (χ1v) is 5.52. The molecule has 0 saturated carbocycles. The van der Waals surface area contributed by atoms with E-state index in [9.17, 15) is 18.0 Å². The maximum atomic E-state index is 12.8. The first-order valence-electron chi connectivity index (χ1n) is 5.52. The summed E-state index contributed by atoms with van der Waals surface area (Å²) in [5.74, 6) is -1.51. The van der Waals surface area contributed by atoms with Crippen LogP contribution in [0.4, 0.5) is 13.2 Å². The molecule has 2 aromatic heterocycles. The summed E-state index contributed by atoms with van der Waals surface area (Å²) in [7, 11) is 0. The van der Waals surface area contributed by atoms with Crippen molar-refractivity contribution in [1.29, 1.82) is 0 Å². The Labute approximate surface area is 111 Å². The molecule has 0 aliphatic carbocycles. The van der Waals surface area contributed by atoms with Crippen molar-refractivity contribution in [2.45, 2.75) is 13.1 Å². The summed E-state index contributed by atoms with van der Waals surface area (Å²) < 4.78 is 38.3. The van der Waals surface area contributed by atoms with E-state index in [-0.39, 0.29) is 5.56 Å². The molecule has 0 aromatic carbocycles. The third-order valence-electron chi connectivity index (χ3n) is 2.68. The van der Waals surface area contributed by atoms with Crippen molar-refractivity contribution >= 4 is 5.97 Å². The number of rotatable bonds is 2. The van der Waals surface area contributed by atoms with E-state index >= 15 is 0 Å². The van der Waals surface area contributed by atoms with Crippen molar-refractivity contribution in [3.63, 3.8) is 0 Å². The van der Waals surface area contributed by atoms with Crippen LogP contribution in [0.5, 0.6) is 0 Å². The lowest BCUT2D eigenvalue weighted by Gasteiger charge is -2.11. The van der Waals surface area contributed by atoms with Gasteiger partial charge in [-0.25, -0.2) is 9.78 Å². The van der Waals surface area contributed by atoms with Gasteiger partial charge < -0.3 is 5.11 Å². The molecule has 0 bridgehead atoms. The maximum absolute atomic E-state index is 12.8. The number of hydrogen-bond acceptors (Lipinski definition) is 3. The van der Waals surface area contributed by atoms with Crippen LogP contribution in [0.15, 0.2) is 30.6 Å². The van der Waals surface area contributed by atoms with Gasteiger partial charge in [-0.2, -0.15) is 13.2 Å². The molecule has 0 radical (unpaired) electrons. The van der Waals surface area contributed by atoms with E-state index in [1.54, 1.807) is 13.0 Å². The Balaban J connectivity index is 2.68. The molecule has 0 saturated heterocycles. The van der Waals surface area contributed by atoms with E-state index in [2.05, 4.69) is 9.97 Å². The standard InChI is InChI=1S/C13H9F3N2O2/c1-7-2-3-17-6-9(7)8-4-10(12(19)20)18-11(5-8)13(14,15)16/h2-6H,1H3,(H,19,20). The lowest BCUT2D eigenvalue weighted by atomic mass is 10.0. The van der Waals surface area contributed by atoms with Gasteiger partial charge in [-0.15, -0.1) is 0 Å². The van der Waals surface area contributed by atoms with Gasteiger partial charge in [-0.1, -0.05) is 0 Å². The van der Waals surface area contributed by atoms with E-state index in [1.165, 1.54) is 12.4 Å². The Kier molecular flexibility index (Phi) is 3.44. The number of aromatic carboxylic acids is 1. The lowest BCUT2D eigenvalue weighted by molar-refractivity contribution is -0.141. The maximum Gasteiger partial charge on any atom is 0.433 e. The van der Waals surface area contributed by atoms with Crippen molar-refractivity contribution in [3.05, 3.63) is 47.5 Å². The molecule has 20 heavy (non-hydrogen) atoms. The Morgan fingerprint density at radius 1 is 1.30 bits per heavy atom. The van der Waals surface area contributed by atoms with Gasteiger partial charge >= 0.3 is 12.1 Å². The van der Waals surface area contributed by atoms with Crippen molar-refractivity contribution in [1.82, 2.24) is 9.97 Å². The van der Waals surface area contributed by atoms with Crippen LogP contribution < -0.4 is 0 Å². The number of hydrogen-bond donors (Lipinski definition) is 1. The quantitative estimate of drug-likeness (QED) is 0.919. The highest BCUT2D eigenvalue weighted by molar-refractivity contribution is 5.87. The number of aromatic nitrogens is 2. The molecule has 0 atom stereocenters. The van der Waals surface area contributed by atoms with E-state index in [0.717, 1.165) is 12.1 Å². The van der Waals surface area contributed by atoms with Gasteiger partial charge in [-0.05, 0) is 36.2 Å². The van der Waals surface area contributed by atoms with E-state index < -0.39 is 23.5 Å². The number of alkyl halides is 3. The summed E-state index contributed by atoms with van der Waals surface area (Å²) in [5.41, 5.74) is -0.650. The second kappa shape index (κ2) is 4.92. The van der Waals surface area contributed by atoms with Gasteiger partial charge in [0, 0.05) is 18.0 Å². The van der Waals surface area contributed by atoms with Crippen LogP contribution >= 0.6 is 0 Å². The SMILES string of the molecule is Cc1ccncc1-c1cc(C(=O)O)nc(C(F)(F)F)c1. The molecular formula is C13H9F3N2O2. The predicted octanol–water partition coefficient (Wildman–Crippen LogP) is 3.17. The summed E-state index contributed by atoms with van der Waals surface area (Å²) in [6.07, 6.45) is -1.82. The molecule has 0 unspecified atom stereocenters. The average Bonchev–Trinajstić information content (AvgIpc) is 2.37. The molecule has 0 aliphatic heterocycles. The Bertz CT molecular complexity index is 669. The van der Waals surface area contributed by atoms with Crippen molar-refractivity contribution in [3.8, 4) is 11.1 Å². The number of carbonyl (C=O) groups is 1. The number of pyridine rings is 2. The highest BCUT2D eigenvalue weighted by Gasteiger charge is 2.34. The third-order valence-corrected chi connectivity index (χ3v) is 2.68. The average molecular weight is 282 g/mol. The van der Waals surface area contributed by atoms with Crippen molar-refractivity contribution < 1.29 is 23.1 Å². The van der Waals surface area contributed by atoms with Gasteiger partial charge in [-0.3, -0.25) is 4.98 Å². The number of aryl methyl sites for hydroxylation is 1. The largest absolute Gasteiger partial charge is 0.477 e. The predicted molar refractivity (Wildman–Crippen MR) is 64.2 cm³/mol. The molecule has 2 aromatic rings. The van der Waals surface area contributed by atoms with E-state index in [4.69, 9.17) is 5.11 Å². The molecule has 0 spiro atoms. The fraction of sp³-hybridized carbons (Fsp3) is 0.154. The molecule has 0 amide bonds.